The largest absolute Gasteiger partial charge is 0.396 e. The zero-order valence-corrected chi connectivity index (χ0v) is 11.8. The number of amides is 1. The summed E-state index contributed by atoms with van der Waals surface area (Å²) in [7, 11) is 0. The average molecular weight is 267 g/mol. The molecule has 0 aliphatic carbocycles. The minimum Gasteiger partial charge on any atom is -0.396 e. The summed E-state index contributed by atoms with van der Waals surface area (Å²) in [6, 6.07) is -0.691. The number of carbonyl (C=O) groups is 1. The van der Waals surface area contributed by atoms with Crippen LogP contribution < -0.4 is 0 Å². The van der Waals surface area contributed by atoms with Gasteiger partial charge in [-0.3, -0.25) is 20.0 Å². The summed E-state index contributed by atoms with van der Waals surface area (Å²) in [4.78, 5) is 20.3. The maximum Gasteiger partial charge on any atom is 0.251 e. The molecule has 6 heteroatoms. The first-order valence-electron chi connectivity index (χ1n) is 6.19. The number of nitrogens with zero attached hydrogens (tertiary/aromatic N) is 3. The molecule has 0 saturated carbocycles. The lowest BCUT2D eigenvalue weighted by molar-refractivity contribution is -0.187. The summed E-state index contributed by atoms with van der Waals surface area (Å²) < 4.78 is 0. The van der Waals surface area contributed by atoms with Gasteiger partial charge >= 0.3 is 0 Å². The van der Waals surface area contributed by atoms with E-state index in [-0.39, 0.29) is 13.0 Å². The van der Waals surface area contributed by atoms with Crippen LogP contribution in [0.5, 0.6) is 0 Å². The van der Waals surface area contributed by atoms with Crippen LogP contribution in [0.15, 0.2) is 12.4 Å². The van der Waals surface area contributed by atoms with Crippen LogP contribution in [-0.4, -0.2) is 37.9 Å². The van der Waals surface area contributed by atoms with Gasteiger partial charge in [0.1, 0.15) is 6.04 Å². The number of aryl methyl sites for hydroxylation is 1. The minimum atomic E-state index is -0.709. The van der Waals surface area contributed by atoms with Crippen LogP contribution in [0, 0.1) is 12.3 Å². The van der Waals surface area contributed by atoms with E-state index >= 15 is 0 Å². The van der Waals surface area contributed by atoms with Gasteiger partial charge in [0.15, 0.2) is 0 Å². The minimum absolute atomic E-state index is 0.158. The topological polar surface area (TPSA) is 86.5 Å². The summed E-state index contributed by atoms with van der Waals surface area (Å²) in [6.45, 7) is 6.78. The summed E-state index contributed by atoms with van der Waals surface area (Å²) in [5, 5.41) is 19.8. The molecule has 2 N–H and O–H groups in total. The Labute approximate surface area is 113 Å². The second-order valence-corrected chi connectivity index (χ2v) is 5.51. The zero-order chi connectivity index (χ0) is 14.6. The molecule has 1 atom stereocenters. The highest BCUT2D eigenvalue weighted by Gasteiger charge is 2.32. The van der Waals surface area contributed by atoms with Crippen LogP contribution in [0.1, 0.15) is 44.6 Å². The predicted molar refractivity (Wildman–Crippen MR) is 69.3 cm³/mol. The van der Waals surface area contributed by atoms with Crippen LogP contribution in [-0.2, 0) is 4.79 Å². The Kier molecular flexibility index (Phi) is 4.97. The number of aliphatic hydroxyl groups excluding tert-OH is 1. The molecule has 0 aromatic carbocycles. The van der Waals surface area contributed by atoms with Crippen molar-refractivity contribution in [2.45, 2.75) is 40.2 Å². The number of hydrogen-bond donors (Lipinski definition) is 2. The Bertz CT molecular complexity index is 443. The molecule has 0 fully saturated rings. The van der Waals surface area contributed by atoms with Crippen molar-refractivity contribution >= 4 is 5.91 Å². The normalized spacial score (nSPS) is 13.2. The quantitative estimate of drug-likeness (QED) is 0.637. The van der Waals surface area contributed by atoms with Gasteiger partial charge in [0, 0.05) is 18.2 Å². The molecule has 6 nitrogen and oxygen atoms in total. The molecule has 1 amide bonds. The maximum atomic E-state index is 12.1. The molecule has 0 bridgehead atoms. The molecule has 19 heavy (non-hydrogen) atoms. The van der Waals surface area contributed by atoms with Gasteiger partial charge in [-0.1, -0.05) is 20.8 Å². The zero-order valence-electron chi connectivity index (χ0n) is 11.8. The summed E-state index contributed by atoms with van der Waals surface area (Å²) in [6.07, 6.45) is 3.29. The Balaban J connectivity index is 3.04. The summed E-state index contributed by atoms with van der Waals surface area (Å²) in [5.41, 5.74) is 0.450. The van der Waals surface area contributed by atoms with Crippen molar-refractivity contribution in [1.29, 1.82) is 0 Å². The van der Waals surface area contributed by atoms with E-state index in [9.17, 15) is 10.0 Å². The van der Waals surface area contributed by atoms with Gasteiger partial charge in [0.25, 0.3) is 5.91 Å². The van der Waals surface area contributed by atoms with Gasteiger partial charge < -0.3 is 5.11 Å². The Morgan fingerprint density at radius 3 is 2.53 bits per heavy atom. The molecule has 0 radical (unpaired) electrons. The third kappa shape index (κ3) is 3.97. The van der Waals surface area contributed by atoms with Gasteiger partial charge in [0.05, 0.1) is 17.6 Å². The highest BCUT2D eigenvalue weighted by molar-refractivity contribution is 5.80. The van der Waals surface area contributed by atoms with E-state index in [4.69, 9.17) is 5.11 Å². The number of rotatable bonds is 4. The second-order valence-electron chi connectivity index (χ2n) is 5.51. The first kappa shape index (κ1) is 15.5. The van der Waals surface area contributed by atoms with Crippen LogP contribution >= 0.6 is 0 Å². The van der Waals surface area contributed by atoms with Gasteiger partial charge in [-0.25, -0.2) is 5.06 Å². The van der Waals surface area contributed by atoms with Crippen molar-refractivity contribution in [3.63, 3.8) is 0 Å². The predicted octanol–water partition coefficient (Wildman–Crippen LogP) is 1.47. The number of hydrogen-bond acceptors (Lipinski definition) is 5. The molecule has 0 aliphatic rings. The van der Waals surface area contributed by atoms with Crippen LogP contribution in [0.4, 0.5) is 0 Å². The fraction of sp³-hybridized carbons (Fsp3) is 0.615. The number of aromatic nitrogens is 2. The van der Waals surface area contributed by atoms with E-state index in [2.05, 4.69) is 9.97 Å². The molecule has 1 rings (SSSR count). The monoisotopic (exact) mass is 267 g/mol. The van der Waals surface area contributed by atoms with Crippen molar-refractivity contribution in [3.05, 3.63) is 23.8 Å². The third-order valence-corrected chi connectivity index (χ3v) is 2.66. The molecule has 0 aliphatic heterocycles. The maximum absolute atomic E-state index is 12.1. The van der Waals surface area contributed by atoms with Crippen LogP contribution in [0.25, 0.3) is 0 Å². The van der Waals surface area contributed by atoms with E-state index < -0.39 is 17.4 Å². The van der Waals surface area contributed by atoms with Crippen molar-refractivity contribution in [1.82, 2.24) is 15.0 Å². The molecule has 1 heterocycles. The fourth-order valence-corrected chi connectivity index (χ4v) is 1.65. The lowest BCUT2D eigenvalue weighted by Crippen LogP contribution is -2.40. The molecule has 1 aromatic heterocycles. The van der Waals surface area contributed by atoms with E-state index in [1.54, 1.807) is 33.9 Å². The number of hydroxylamine groups is 2. The van der Waals surface area contributed by atoms with Gasteiger partial charge in [-0.05, 0) is 13.3 Å². The average Bonchev–Trinajstić information content (AvgIpc) is 2.33. The van der Waals surface area contributed by atoms with Gasteiger partial charge in [-0.2, -0.15) is 0 Å². The smallest absolute Gasteiger partial charge is 0.251 e. The molecular weight excluding hydrogens is 246 g/mol. The molecular formula is C13H21N3O3. The van der Waals surface area contributed by atoms with Crippen molar-refractivity contribution in [3.8, 4) is 0 Å². The Morgan fingerprint density at radius 2 is 2.05 bits per heavy atom. The number of aliphatic hydroxyl groups is 1. The van der Waals surface area contributed by atoms with E-state index in [1.165, 1.54) is 6.20 Å². The van der Waals surface area contributed by atoms with Crippen molar-refractivity contribution in [2.75, 3.05) is 6.61 Å². The molecule has 1 unspecified atom stereocenters. The fourth-order valence-electron chi connectivity index (χ4n) is 1.65. The first-order valence-corrected chi connectivity index (χ1v) is 6.19. The van der Waals surface area contributed by atoms with Crippen LogP contribution in [0.2, 0.25) is 0 Å². The Hall–Kier alpha value is -1.53. The molecule has 1 aromatic rings. The van der Waals surface area contributed by atoms with Crippen LogP contribution in [0.3, 0.4) is 0 Å². The van der Waals surface area contributed by atoms with E-state index in [1.807, 2.05) is 0 Å². The van der Waals surface area contributed by atoms with Crippen molar-refractivity contribution in [2.24, 2.45) is 5.41 Å². The van der Waals surface area contributed by atoms with Crippen molar-refractivity contribution < 1.29 is 15.1 Å². The lowest BCUT2D eigenvalue weighted by Gasteiger charge is -2.30. The van der Waals surface area contributed by atoms with Gasteiger partial charge in [0.2, 0.25) is 0 Å². The standard InChI is InChI=1S/C13H21N3O3/c1-9-7-14-8-10(15-9)11(5-6-17)16(19)12(18)13(2,3)4/h7-8,11,17,19H,5-6H2,1-4H3. The van der Waals surface area contributed by atoms with Gasteiger partial charge in [-0.15, -0.1) is 0 Å². The number of carbonyl (C=O) groups excluding carboxylic acids is 1. The second kappa shape index (κ2) is 6.08. The third-order valence-electron chi connectivity index (χ3n) is 2.66. The lowest BCUT2D eigenvalue weighted by atomic mass is 9.94. The van der Waals surface area contributed by atoms with E-state index in [0.717, 1.165) is 0 Å². The first-order chi connectivity index (χ1) is 8.77. The summed E-state index contributed by atoms with van der Waals surface area (Å²) >= 11 is 0. The molecule has 106 valence electrons. The van der Waals surface area contributed by atoms with E-state index in [0.29, 0.717) is 16.5 Å². The highest BCUT2D eigenvalue weighted by atomic mass is 16.5. The highest BCUT2D eigenvalue weighted by Crippen LogP contribution is 2.26. The molecule has 0 saturated heterocycles. The molecule has 0 spiro atoms. The Morgan fingerprint density at radius 1 is 1.42 bits per heavy atom. The summed E-state index contributed by atoms with van der Waals surface area (Å²) in [5.74, 6) is -0.422. The SMILES string of the molecule is Cc1cncc(C(CCO)N(O)C(=O)C(C)(C)C)n1.